The van der Waals surface area contributed by atoms with Gasteiger partial charge in [-0.2, -0.15) is 5.26 Å². The summed E-state index contributed by atoms with van der Waals surface area (Å²) in [5, 5.41) is 14.7. The van der Waals surface area contributed by atoms with Gasteiger partial charge in [0.15, 0.2) is 5.69 Å². The van der Waals surface area contributed by atoms with Gasteiger partial charge in [0.1, 0.15) is 0 Å². The van der Waals surface area contributed by atoms with E-state index in [1.807, 2.05) is 48.5 Å². The van der Waals surface area contributed by atoms with Crippen LogP contribution in [0.2, 0.25) is 0 Å². The van der Waals surface area contributed by atoms with Crippen LogP contribution in [0.1, 0.15) is 5.56 Å². The molecule has 0 bridgehead atoms. The first-order chi connectivity index (χ1) is 24.7. The van der Waals surface area contributed by atoms with E-state index in [4.69, 9.17) is 13.1 Å². The molecule has 0 saturated heterocycles. The third-order valence-corrected chi connectivity index (χ3v) is 9.60. The molecule has 50 heavy (non-hydrogen) atoms. The second kappa shape index (κ2) is 11.4. The highest BCUT2D eigenvalue weighted by molar-refractivity contribution is 6.12. The summed E-state index contributed by atoms with van der Waals surface area (Å²) >= 11 is 0. The highest BCUT2D eigenvalue weighted by Crippen LogP contribution is 2.43. The van der Waals surface area contributed by atoms with Gasteiger partial charge in [-0.05, 0) is 64.5 Å². The van der Waals surface area contributed by atoms with Gasteiger partial charge >= 0.3 is 0 Å². The van der Waals surface area contributed by atoms with Gasteiger partial charge in [0.2, 0.25) is 5.69 Å². The average Bonchev–Trinajstić information content (AvgIpc) is 3.70. The number of aromatic nitrogens is 2. The van der Waals surface area contributed by atoms with E-state index in [2.05, 4.69) is 110 Å². The van der Waals surface area contributed by atoms with Gasteiger partial charge < -0.3 is 9.13 Å². The fourth-order valence-electron chi connectivity index (χ4n) is 7.41. The first-order valence-electron chi connectivity index (χ1n) is 16.2. The smallest absolute Gasteiger partial charge is 0.211 e. The maximum absolute atomic E-state index is 10.4. The molecule has 0 atom stereocenters. The molecule has 5 nitrogen and oxygen atoms in total. The molecule has 0 amide bonds. The van der Waals surface area contributed by atoms with Crippen molar-refractivity contribution in [2.75, 3.05) is 0 Å². The Morgan fingerprint density at radius 1 is 0.480 bits per heavy atom. The van der Waals surface area contributed by atoms with Crippen LogP contribution in [0.4, 0.5) is 11.4 Å². The van der Waals surface area contributed by atoms with Crippen LogP contribution in [-0.4, -0.2) is 9.13 Å². The number of nitriles is 1. The van der Waals surface area contributed by atoms with Crippen molar-refractivity contribution in [3.63, 3.8) is 0 Å². The van der Waals surface area contributed by atoms with Crippen LogP contribution in [0.5, 0.6) is 0 Å². The zero-order valence-corrected chi connectivity index (χ0v) is 26.7. The predicted octanol–water partition coefficient (Wildman–Crippen LogP) is 12.2. The van der Waals surface area contributed by atoms with E-state index < -0.39 is 0 Å². The van der Waals surface area contributed by atoms with Crippen LogP contribution < -0.4 is 0 Å². The molecule has 0 radical (unpaired) electrons. The number of rotatable bonds is 4. The molecule has 5 heteroatoms. The normalized spacial score (nSPS) is 11.1. The van der Waals surface area contributed by atoms with E-state index in [1.54, 1.807) is 18.2 Å². The molecule has 2 heterocycles. The Bertz CT molecular complexity index is 2900. The third kappa shape index (κ3) is 4.31. The number of fused-ring (bicyclic) bond motifs is 6. The fourth-order valence-corrected chi connectivity index (χ4v) is 7.41. The van der Waals surface area contributed by atoms with E-state index >= 15 is 0 Å². The van der Waals surface area contributed by atoms with Crippen LogP contribution in [0, 0.1) is 24.5 Å². The van der Waals surface area contributed by atoms with Gasteiger partial charge in [-0.1, -0.05) is 109 Å². The van der Waals surface area contributed by atoms with Crippen molar-refractivity contribution in [3.05, 3.63) is 180 Å². The molecule has 0 saturated carbocycles. The second-order valence-electron chi connectivity index (χ2n) is 12.2. The topological polar surface area (TPSA) is 42.4 Å². The van der Waals surface area contributed by atoms with Gasteiger partial charge in [0.25, 0.3) is 0 Å². The molecule has 9 rings (SSSR count). The maximum Gasteiger partial charge on any atom is 0.211 e. The molecule has 7 aromatic carbocycles. The number of para-hydroxylation sites is 3. The molecule has 0 aliphatic carbocycles. The molecule has 0 N–H and O–H groups in total. The highest BCUT2D eigenvalue weighted by Gasteiger charge is 2.22. The van der Waals surface area contributed by atoms with E-state index in [-0.39, 0.29) is 0 Å². The van der Waals surface area contributed by atoms with E-state index in [0.29, 0.717) is 28.2 Å². The molecule has 0 fully saturated rings. The summed E-state index contributed by atoms with van der Waals surface area (Å²) in [4.78, 5) is 7.61. The molecule has 230 valence electrons. The van der Waals surface area contributed by atoms with E-state index in [1.165, 1.54) is 10.8 Å². The summed E-state index contributed by atoms with van der Waals surface area (Å²) < 4.78 is 4.39. The summed E-state index contributed by atoms with van der Waals surface area (Å²) in [5.41, 5.74) is 11.0. The first kappa shape index (κ1) is 28.8. The Labute approximate surface area is 288 Å². The van der Waals surface area contributed by atoms with Crippen molar-refractivity contribution in [1.82, 2.24) is 9.13 Å². The quantitative estimate of drug-likeness (QED) is 0.177. The molecular weight excluding hydrogens is 611 g/mol. The summed E-state index contributed by atoms with van der Waals surface area (Å²) in [5.74, 6) is 0. The molecule has 0 unspecified atom stereocenters. The summed E-state index contributed by atoms with van der Waals surface area (Å²) in [6.45, 7) is 15.8. The minimum atomic E-state index is 0.443. The maximum atomic E-state index is 10.4. The van der Waals surface area contributed by atoms with Crippen LogP contribution in [0.3, 0.4) is 0 Å². The lowest BCUT2D eigenvalue weighted by Crippen LogP contribution is -2.00. The average molecular weight is 636 g/mol. The zero-order chi connectivity index (χ0) is 33.8. The standard InChI is InChI=1S/C45H25N5/c1-47-33-23-25-43-38(27-33)37-14-5-8-17-42(37)50(43)45-39(48-2)24-22-32(28-46)44(45)30-20-18-29(19-21-30)31-10-9-11-34(26-31)49-40-15-6-3-12-35(40)36-13-4-7-16-41(36)49/h3-27H. The Morgan fingerprint density at radius 3 is 1.72 bits per heavy atom. The van der Waals surface area contributed by atoms with E-state index in [9.17, 15) is 5.26 Å². The number of nitrogens with zero attached hydrogens (tertiary/aromatic N) is 5. The van der Waals surface area contributed by atoms with Gasteiger partial charge in [-0.15, -0.1) is 0 Å². The van der Waals surface area contributed by atoms with Crippen molar-refractivity contribution in [1.29, 1.82) is 5.26 Å². The van der Waals surface area contributed by atoms with Crippen LogP contribution in [0.15, 0.2) is 152 Å². The SMILES string of the molecule is [C-]#[N+]c1ccc2c(c1)c1ccccc1n2-c1c([N+]#[C-])ccc(C#N)c1-c1ccc(-c2cccc(-n3c4ccccc4c4ccccc43)c2)cc1. The summed E-state index contributed by atoms with van der Waals surface area (Å²) in [7, 11) is 0. The minimum Gasteiger partial charge on any atom is -0.318 e. The second-order valence-corrected chi connectivity index (χ2v) is 12.2. The highest BCUT2D eigenvalue weighted by atomic mass is 15.0. The molecule has 0 aliphatic heterocycles. The first-order valence-corrected chi connectivity index (χ1v) is 16.2. The molecule has 0 aliphatic rings. The van der Waals surface area contributed by atoms with Crippen molar-refractivity contribution in [2.45, 2.75) is 0 Å². The molecular formula is C45H25N5. The lowest BCUT2D eigenvalue weighted by Gasteiger charge is -2.18. The van der Waals surface area contributed by atoms with Gasteiger partial charge in [0.05, 0.1) is 52.5 Å². The van der Waals surface area contributed by atoms with Gasteiger partial charge in [-0.3, -0.25) is 0 Å². The predicted molar refractivity (Wildman–Crippen MR) is 203 cm³/mol. The number of hydrogen-bond acceptors (Lipinski definition) is 1. The monoisotopic (exact) mass is 635 g/mol. The molecule has 2 aromatic heterocycles. The summed E-state index contributed by atoms with van der Waals surface area (Å²) in [6.07, 6.45) is 0. The van der Waals surface area contributed by atoms with Crippen molar-refractivity contribution in [2.24, 2.45) is 0 Å². The Morgan fingerprint density at radius 2 is 1.08 bits per heavy atom. The Hall–Kier alpha value is -7.39. The molecule has 9 aromatic rings. The number of hydrogen-bond donors (Lipinski definition) is 0. The van der Waals surface area contributed by atoms with E-state index in [0.717, 1.165) is 55.2 Å². The summed E-state index contributed by atoms with van der Waals surface area (Å²) in [6, 6.07) is 53.4. The van der Waals surface area contributed by atoms with Crippen molar-refractivity contribution >= 4 is 55.0 Å². The number of benzene rings is 7. The van der Waals surface area contributed by atoms with Crippen LogP contribution in [0.25, 0.3) is 86.9 Å². The zero-order valence-electron chi connectivity index (χ0n) is 26.7. The fraction of sp³-hybridized carbons (Fsp3) is 0. The van der Waals surface area contributed by atoms with Crippen molar-refractivity contribution in [3.8, 4) is 39.7 Å². The van der Waals surface area contributed by atoms with Crippen LogP contribution >= 0.6 is 0 Å². The van der Waals surface area contributed by atoms with Crippen molar-refractivity contribution < 1.29 is 0 Å². The van der Waals surface area contributed by atoms with Gasteiger partial charge in [-0.25, -0.2) is 9.69 Å². The van der Waals surface area contributed by atoms with Crippen LogP contribution in [-0.2, 0) is 0 Å². The third-order valence-electron chi connectivity index (χ3n) is 9.60. The Kier molecular flexibility index (Phi) is 6.56. The largest absolute Gasteiger partial charge is 0.318 e. The molecule has 0 spiro atoms. The minimum absolute atomic E-state index is 0.443. The lowest BCUT2D eigenvalue weighted by atomic mass is 9.94. The van der Waals surface area contributed by atoms with Gasteiger partial charge in [0, 0.05) is 27.4 Å². The lowest BCUT2D eigenvalue weighted by molar-refractivity contribution is 1.18. The Balaban J connectivity index is 1.21.